The molecule has 0 bridgehead atoms. The normalized spacial score (nSPS) is 11.5. The molecule has 158 valence electrons. The van der Waals surface area contributed by atoms with Crippen molar-refractivity contribution in [1.29, 1.82) is 0 Å². The molecule has 0 N–H and O–H groups in total. The SMILES string of the molecule is CCCCCCCCC(CCCCCCCC)OC(=O)c1cc2cscc2s1. The van der Waals surface area contributed by atoms with Crippen molar-refractivity contribution >= 4 is 38.7 Å². The average Bonchev–Trinajstić information content (AvgIpc) is 3.29. The maximum atomic E-state index is 12.7. The molecule has 0 aliphatic rings. The zero-order valence-electron chi connectivity index (χ0n) is 17.8. The van der Waals surface area contributed by atoms with Gasteiger partial charge in [0.2, 0.25) is 0 Å². The smallest absolute Gasteiger partial charge is 0.348 e. The highest BCUT2D eigenvalue weighted by atomic mass is 32.1. The number of hydrogen-bond donors (Lipinski definition) is 0. The van der Waals surface area contributed by atoms with E-state index >= 15 is 0 Å². The molecule has 0 unspecified atom stereocenters. The molecule has 2 aromatic heterocycles. The molecule has 0 aromatic carbocycles. The second kappa shape index (κ2) is 14.2. The summed E-state index contributed by atoms with van der Waals surface area (Å²) < 4.78 is 7.16. The predicted molar refractivity (Wildman–Crippen MR) is 125 cm³/mol. The number of fused-ring (bicyclic) bond motifs is 1. The van der Waals surface area contributed by atoms with Crippen molar-refractivity contribution in [3.8, 4) is 0 Å². The lowest BCUT2D eigenvalue weighted by molar-refractivity contribution is 0.0254. The lowest BCUT2D eigenvalue weighted by Crippen LogP contribution is -2.18. The molecule has 0 saturated carbocycles. The Balaban J connectivity index is 1.77. The number of unbranched alkanes of at least 4 members (excludes halogenated alkanes) is 10. The van der Waals surface area contributed by atoms with Crippen LogP contribution in [0.25, 0.3) is 10.1 Å². The molecule has 2 heterocycles. The van der Waals surface area contributed by atoms with E-state index < -0.39 is 0 Å². The highest BCUT2D eigenvalue weighted by Crippen LogP contribution is 2.30. The number of hydrogen-bond acceptors (Lipinski definition) is 4. The molecule has 0 amide bonds. The zero-order chi connectivity index (χ0) is 20.0. The highest BCUT2D eigenvalue weighted by Gasteiger charge is 2.18. The third-order valence-electron chi connectivity index (χ3n) is 5.40. The maximum absolute atomic E-state index is 12.7. The first-order chi connectivity index (χ1) is 13.7. The Morgan fingerprint density at radius 2 is 1.43 bits per heavy atom. The molecule has 2 nitrogen and oxygen atoms in total. The van der Waals surface area contributed by atoms with E-state index in [1.165, 1.54) is 87.1 Å². The lowest BCUT2D eigenvalue weighted by Gasteiger charge is -2.17. The molecule has 2 aromatic rings. The Labute approximate surface area is 179 Å². The van der Waals surface area contributed by atoms with E-state index in [4.69, 9.17) is 4.74 Å². The minimum absolute atomic E-state index is 0.0872. The van der Waals surface area contributed by atoms with Crippen LogP contribution in [0.15, 0.2) is 16.8 Å². The number of rotatable bonds is 16. The maximum Gasteiger partial charge on any atom is 0.348 e. The molecule has 28 heavy (non-hydrogen) atoms. The van der Waals surface area contributed by atoms with Gasteiger partial charge in [-0.15, -0.1) is 11.3 Å². The lowest BCUT2D eigenvalue weighted by atomic mass is 10.0. The third kappa shape index (κ3) is 8.65. The predicted octanol–water partition coefficient (Wildman–Crippen LogP) is 8.99. The standard InChI is InChI=1S/C24H38O2S2/c1-3-5-7-9-11-13-15-21(16-14-12-10-8-6-4-2)26-24(25)22-17-20-18-27-19-23(20)28-22/h17-19,21H,3-16H2,1-2H3. The van der Waals surface area contributed by atoms with Crippen molar-refractivity contribution < 1.29 is 9.53 Å². The van der Waals surface area contributed by atoms with Crippen LogP contribution in [0.1, 0.15) is 113 Å². The van der Waals surface area contributed by atoms with Crippen LogP contribution in [0.2, 0.25) is 0 Å². The summed E-state index contributed by atoms with van der Waals surface area (Å²) in [4.78, 5) is 13.4. The zero-order valence-corrected chi connectivity index (χ0v) is 19.5. The summed E-state index contributed by atoms with van der Waals surface area (Å²) in [6.45, 7) is 4.51. The van der Waals surface area contributed by atoms with Gasteiger partial charge in [0.15, 0.2) is 0 Å². The molecule has 0 radical (unpaired) electrons. The van der Waals surface area contributed by atoms with Crippen LogP contribution in [0.5, 0.6) is 0 Å². The quantitative estimate of drug-likeness (QED) is 0.199. The van der Waals surface area contributed by atoms with Gasteiger partial charge >= 0.3 is 5.97 Å². The van der Waals surface area contributed by atoms with Crippen LogP contribution in [-0.4, -0.2) is 12.1 Å². The minimum atomic E-state index is -0.117. The van der Waals surface area contributed by atoms with Gasteiger partial charge in [0.05, 0.1) is 0 Å². The summed E-state index contributed by atoms with van der Waals surface area (Å²) in [5.74, 6) is -0.117. The first-order valence-corrected chi connectivity index (χ1v) is 13.2. The van der Waals surface area contributed by atoms with Crippen LogP contribution in [-0.2, 0) is 4.74 Å². The average molecular weight is 423 g/mol. The van der Waals surface area contributed by atoms with E-state index in [0.29, 0.717) is 0 Å². The fourth-order valence-corrected chi connectivity index (χ4v) is 5.54. The topological polar surface area (TPSA) is 26.3 Å². The molecule has 0 spiro atoms. The largest absolute Gasteiger partial charge is 0.458 e. The summed E-state index contributed by atoms with van der Waals surface area (Å²) in [7, 11) is 0. The molecule has 0 atom stereocenters. The van der Waals surface area contributed by atoms with Crippen molar-refractivity contribution in [3.63, 3.8) is 0 Å². The summed E-state index contributed by atoms with van der Waals surface area (Å²) in [6, 6.07) is 1.99. The van der Waals surface area contributed by atoms with Crippen LogP contribution in [0.4, 0.5) is 0 Å². The Hall–Kier alpha value is -0.870. The molecule has 0 aliphatic carbocycles. The van der Waals surface area contributed by atoms with Gasteiger partial charge in [-0.1, -0.05) is 78.1 Å². The summed E-state index contributed by atoms with van der Waals surface area (Å²) in [6.07, 6.45) is 17.6. The summed E-state index contributed by atoms with van der Waals surface area (Å²) in [5.41, 5.74) is 0. The number of carbonyl (C=O) groups excluding carboxylic acids is 1. The number of ether oxygens (including phenoxy) is 1. The van der Waals surface area contributed by atoms with Gasteiger partial charge in [-0.3, -0.25) is 0 Å². The fraction of sp³-hybridized carbons (Fsp3) is 0.708. The van der Waals surface area contributed by atoms with E-state index in [9.17, 15) is 4.79 Å². The van der Waals surface area contributed by atoms with E-state index in [0.717, 1.165) is 17.7 Å². The second-order valence-corrected chi connectivity index (χ2v) is 9.77. The molecule has 4 heteroatoms. The highest BCUT2D eigenvalue weighted by molar-refractivity contribution is 7.23. The van der Waals surface area contributed by atoms with Crippen molar-refractivity contribution in [2.75, 3.05) is 0 Å². The van der Waals surface area contributed by atoms with Gasteiger partial charge in [-0.05, 0) is 37.1 Å². The van der Waals surface area contributed by atoms with Crippen molar-refractivity contribution in [3.05, 3.63) is 21.7 Å². The molecule has 2 rings (SSSR count). The van der Waals surface area contributed by atoms with Gasteiger partial charge in [0.25, 0.3) is 0 Å². The first-order valence-electron chi connectivity index (χ1n) is 11.4. The third-order valence-corrected chi connectivity index (χ3v) is 7.38. The van der Waals surface area contributed by atoms with Gasteiger partial charge in [0, 0.05) is 15.5 Å². The molecule has 0 fully saturated rings. The van der Waals surface area contributed by atoms with Crippen molar-refractivity contribution in [1.82, 2.24) is 0 Å². The van der Waals surface area contributed by atoms with E-state index in [1.54, 1.807) is 22.7 Å². The van der Waals surface area contributed by atoms with Gasteiger partial charge in [-0.2, -0.15) is 11.3 Å². The second-order valence-electron chi connectivity index (χ2n) is 7.94. The first kappa shape index (κ1) is 23.4. The molecular formula is C24H38O2S2. The molecule has 0 saturated heterocycles. The monoisotopic (exact) mass is 422 g/mol. The molecule has 0 aliphatic heterocycles. The van der Waals surface area contributed by atoms with Gasteiger partial charge < -0.3 is 4.74 Å². The van der Waals surface area contributed by atoms with E-state index in [2.05, 4.69) is 24.6 Å². The van der Waals surface area contributed by atoms with Gasteiger partial charge in [0.1, 0.15) is 11.0 Å². The fourth-order valence-electron chi connectivity index (χ4n) is 3.65. The Bertz CT molecular complexity index is 614. The van der Waals surface area contributed by atoms with Crippen LogP contribution in [0, 0.1) is 0 Å². The van der Waals surface area contributed by atoms with E-state index in [-0.39, 0.29) is 12.1 Å². The number of carbonyl (C=O) groups is 1. The van der Waals surface area contributed by atoms with Crippen LogP contribution >= 0.6 is 22.7 Å². The van der Waals surface area contributed by atoms with Crippen molar-refractivity contribution in [2.45, 2.75) is 110 Å². The summed E-state index contributed by atoms with van der Waals surface area (Å²) in [5, 5.41) is 5.39. The number of esters is 1. The molecular weight excluding hydrogens is 384 g/mol. The summed E-state index contributed by atoms with van der Waals surface area (Å²) >= 11 is 3.26. The Morgan fingerprint density at radius 1 is 0.857 bits per heavy atom. The minimum Gasteiger partial charge on any atom is -0.458 e. The van der Waals surface area contributed by atoms with E-state index in [1.807, 2.05) is 6.07 Å². The van der Waals surface area contributed by atoms with Gasteiger partial charge in [-0.25, -0.2) is 4.79 Å². The van der Waals surface area contributed by atoms with Crippen molar-refractivity contribution in [2.24, 2.45) is 0 Å². The Morgan fingerprint density at radius 3 is 2.00 bits per heavy atom. The van der Waals surface area contributed by atoms with Crippen LogP contribution in [0.3, 0.4) is 0 Å². The number of thiophene rings is 2. The van der Waals surface area contributed by atoms with Crippen LogP contribution < -0.4 is 0 Å². The Kier molecular flexibility index (Phi) is 11.8.